The minimum Gasteiger partial charge on any atom is -0.447 e. The maximum atomic E-state index is 11.1. The summed E-state index contributed by atoms with van der Waals surface area (Å²) in [6.07, 6.45) is 1.08. The molecule has 0 bridgehead atoms. The van der Waals surface area contributed by atoms with Gasteiger partial charge in [0.15, 0.2) is 0 Å². The molecule has 2 rings (SSSR count). The van der Waals surface area contributed by atoms with Crippen LogP contribution in [0.4, 0.5) is 0 Å². The van der Waals surface area contributed by atoms with Crippen LogP contribution in [0.2, 0.25) is 0 Å². The molecule has 6 nitrogen and oxygen atoms in total. The molecule has 2 heterocycles. The average Bonchev–Trinajstić information content (AvgIpc) is 2.76. The number of hydrogen-bond donors (Lipinski definition) is 2. The van der Waals surface area contributed by atoms with Gasteiger partial charge in [-0.3, -0.25) is 0 Å². The molecule has 1 aromatic rings. The molecule has 3 N–H and O–H groups in total. The van der Waals surface area contributed by atoms with Gasteiger partial charge in [0.05, 0.1) is 6.54 Å². The number of primary sulfonamides is 1. The zero-order valence-electron chi connectivity index (χ0n) is 11.3. The highest BCUT2D eigenvalue weighted by Crippen LogP contribution is 2.17. The van der Waals surface area contributed by atoms with Crippen molar-refractivity contribution in [3.8, 4) is 0 Å². The molecular weight excluding hydrogens is 266 g/mol. The normalized spacial score (nSPS) is 25.6. The first-order chi connectivity index (χ1) is 8.86. The summed E-state index contributed by atoms with van der Waals surface area (Å²) in [6, 6.07) is 3.47. The third-order valence-corrected chi connectivity index (χ3v) is 4.34. The number of rotatable bonds is 4. The van der Waals surface area contributed by atoms with E-state index in [0.29, 0.717) is 24.3 Å². The monoisotopic (exact) mass is 287 g/mol. The van der Waals surface area contributed by atoms with Gasteiger partial charge in [-0.2, -0.15) is 0 Å². The molecule has 1 aliphatic heterocycles. The second-order valence-corrected chi connectivity index (χ2v) is 6.77. The van der Waals surface area contributed by atoms with Gasteiger partial charge in [-0.15, -0.1) is 0 Å². The largest absolute Gasteiger partial charge is 0.447 e. The summed E-state index contributed by atoms with van der Waals surface area (Å²) in [7, 11) is -1.62. The molecule has 1 aliphatic rings. The molecule has 1 saturated heterocycles. The van der Waals surface area contributed by atoms with Gasteiger partial charge in [-0.1, -0.05) is 6.92 Å². The van der Waals surface area contributed by atoms with Gasteiger partial charge < -0.3 is 14.6 Å². The highest BCUT2D eigenvalue weighted by Gasteiger charge is 2.24. The lowest BCUT2D eigenvalue weighted by molar-refractivity contribution is 0.172. The van der Waals surface area contributed by atoms with Crippen LogP contribution in [0.3, 0.4) is 0 Å². The van der Waals surface area contributed by atoms with Crippen LogP contribution in [0.15, 0.2) is 21.6 Å². The number of nitrogens with zero attached hydrogens (tertiary/aromatic N) is 1. The summed E-state index contributed by atoms with van der Waals surface area (Å²) in [5.41, 5.74) is 0. The standard InChI is InChI=1S/C12H21N3O3S/c1-9-8-15(2)6-5-11(9)14-7-10-3-4-12(18-10)19(13,16)17/h3-4,9,11,14H,5-8H2,1-2H3,(H2,13,16,17). The van der Waals surface area contributed by atoms with E-state index < -0.39 is 10.0 Å². The van der Waals surface area contributed by atoms with Crippen LogP contribution in [0.5, 0.6) is 0 Å². The summed E-state index contributed by atoms with van der Waals surface area (Å²) in [5, 5.41) is 8.24. The van der Waals surface area contributed by atoms with E-state index in [4.69, 9.17) is 9.56 Å². The smallest absolute Gasteiger partial charge is 0.271 e. The number of hydrogen-bond acceptors (Lipinski definition) is 5. The third-order valence-electron chi connectivity index (χ3n) is 3.56. The SMILES string of the molecule is CC1CN(C)CCC1NCc1ccc(S(N)(=O)=O)o1. The van der Waals surface area contributed by atoms with Gasteiger partial charge in [-0.05, 0) is 38.1 Å². The Kier molecular flexibility index (Phi) is 4.29. The number of sulfonamides is 1. The highest BCUT2D eigenvalue weighted by atomic mass is 32.2. The van der Waals surface area contributed by atoms with Gasteiger partial charge in [0.2, 0.25) is 5.09 Å². The maximum absolute atomic E-state index is 11.1. The third kappa shape index (κ3) is 3.79. The van der Waals surface area contributed by atoms with Crippen molar-refractivity contribution in [2.45, 2.75) is 31.0 Å². The van der Waals surface area contributed by atoms with E-state index in [1.54, 1.807) is 6.07 Å². The number of likely N-dealkylation sites (tertiary alicyclic amines) is 1. The summed E-state index contributed by atoms with van der Waals surface area (Å²) in [5.74, 6) is 1.15. The number of nitrogens with two attached hydrogens (primary N) is 1. The Morgan fingerprint density at radius 3 is 2.84 bits per heavy atom. The van der Waals surface area contributed by atoms with E-state index in [1.165, 1.54) is 6.07 Å². The summed E-state index contributed by atoms with van der Waals surface area (Å²) >= 11 is 0. The van der Waals surface area contributed by atoms with Crippen molar-refractivity contribution in [2.24, 2.45) is 11.1 Å². The van der Waals surface area contributed by atoms with Crippen LogP contribution in [-0.2, 0) is 16.6 Å². The molecule has 7 heteroatoms. The van der Waals surface area contributed by atoms with Crippen molar-refractivity contribution < 1.29 is 12.8 Å². The Hall–Kier alpha value is -0.890. The molecule has 0 aromatic carbocycles. The fourth-order valence-corrected chi connectivity index (χ4v) is 2.98. The topological polar surface area (TPSA) is 88.6 Å². The molecule has 108 valence electrons. The predicted octanol–water partition coefficient (Wildman–Crippen LogP) is 0.357. The Balaban J connectivity index is 1.90. The van der Waals surface area contributed by atoms with Crippen molar-refractivity contribution >= 4 is 10.0 Å². The molecule has 0 spiro atoms. The van der Waals surface area contributed by atoms with Crippen LogP contribution < -0.4 is 10.5 Å². The van der Waals surface area contributed by atoms with Crippen molar-refractivity contribution in [3.63, 3.8) is 0 Å². The predicted molar refractivity (Wildman–Crippen MR) is 72.0 cm³/mol. The van der Waals surface area contributed by atoms with Crippen LogP contribution in [-0.4, -0.2) is 39.5 Å². The van der Waals surface area contributed by atoms with Gasteiger partial charge in [0.1, 0.15) is 5.76 Å². The summed E-state index contributed by atoms with van der Waals surface area (Å²) in [4.78, 5) is 2.31. The molecular formula is C12H21N3O3S. The van der Waals surface area contributed by atoms with E-state index in [2.05, 4.69) is 24.2 Å². The van der Waals surface area contributed by atoms with Crippen molar-refractivity contribution in [1.29, 1.82) is 0 Å². The lowest BCUT2D eigenvalue weighted by Gasteiger charge is -2.35. The molecule has 0 saturated carbocycles. The molecule has 1 aromatic heterocycles. The van der Waals surface area contributed by atoms with Crippen LogP contribution in [0.1, 0.15) is 19.1 Å². The van der Waals surface area contributed by atoms with E-state index >= 15 is 0 Å². The van der Waals surface area contributed by atoms with E-state index in [1.807, 2.05) is 0 Å². The lowest BCUT2D eigenvalue weighted by atomic mass is 9.94. The van der Waals surface area contributed by atoms with Gasteiger partial charge in [-0.25, -0.2) is 13.6 Å². The van der Waals surface area contributed by atoms with E-state index in [9.17, 15) is 8.42 Å². The van der Waals surface area contributed by atoms with Gasteiger partial charge in [0.25, 0.3) is 10.0 Å². The second-order valence-electron chi connectivity index (χ2n) is 5.28. The Morgan fingerprint density at radius 2 is 2.26 bits per heavy atom. The highest BCUT2D eigenvalue weighted by molar-refractivity contribution is 7.89. The van der Waals surface area contributed by atoms with Crippen LogP contribution in [0, 0.1) is 5.92 Å². The zero-order valence-corrected chi connectivity index (χ0v) is 12.1. The quantitative estimate of drug-likeness (QED) is 0.834. The second kappa shape index (κ2) is 5.62. The Bertz CT molecular complexity index is 526. The molecule has 19 heavy (non-hydrogen) atoms. The molecule has 1 fully saturated rings. The minimum atomic E-state index is -3.74. The fourth-order valence-electron chi connectivity index (χ4n) is 2.50. The molecule has 2 atom stereocenters. The number of nitrogens with one attached hydrogen (secondary N) is 1. The molecule has 2 unspecified atom stereocenters. The minimum absolute atomic E-state index is 0.180. The summed E-state index contributed by atoms with van der Waals surface area (Å²) in [6.45, 7) is 4.88. The molecule has 0 radical (unpaired) electrons. The average molecular weight is 287 g/mol. The van der Waals surface area contributed by atoms with E-state index in [-0.39, 0.29) is 5.09 Å². The molecule has 0 amide bonds. The van der Waals surface area contributed by atoms with Crippen molar-refractivity contribution in [3.05, 3.63) is 17.9 Å². The Labute approximate surface area is 114 Å². The zero-order chi connectivity index (χ0) is 14.0. The van der Waals surface area contributed by atoms with Crippen molar-refractivity contribution in [1.82, 2.24) is 10.2 Å². The van der Waals surface area contributed by atoms with E-state index in [0.717, 1.165) is 19.5 Å². The Morgan fingerprint density at radius 1 is 1.53 bits per heavy atom. The maximum Gasteiger partial charge on any atom is 0.271 e. The van der Waals surface area contributed by atoms with Gasteiger partial charge in [0, 0.05) is 12.6 Å². The first kappa shape index (κ1) is 14.5. The first-order valence-electron chi connectivity index (χ1n) is 6.39. The van der Waals surface area contributed by atoms with Crippen LogP contribution >= 0.6 is 0 Å². The van der Waals surface area contributed by atoms with Gasteiger partial charge >= 0.3 is 0 Å². The fraction of sp³-hybridized carbons (Fsp3) is 0.667. The number of furan rings is 1. The summed E-state index contributed by atoms with van der Waals surface area (Å²) < 4.78 is 27.4. The lowest BCUT2D eigenvalue weighted by Crippen LogP contribution is -2.46. The number of piperidine rings is 1. The van der Waals surface area contributed by atoms with Crippen LogP contribution in [0.25, 0.3) is 0 Å². The van der Waals surface area contributed by atoms with Crippen molar-refractivity contribution in [2.75, 3.05) is 20.1 Å². The molecule has 0 aliphatic carbocycles. The first-order valence-corrected chi connectivity index (χ1v) is 7.94.